The maximum atomic E-state index is 5.29. The number of nitrogens with zero attached hydrogens (tertiary/aromatic N) is 1. The summed E-state index contributed by atoms with van der Waals surface area (Å²) >= 11 is 0. The van der Waals surface area contributed by atoms with Gasteiger partial charge < -0.3 is 9.45 Å². The lowest BCUT2D eigenvalue weighted by Crippen LogP contribution is -2.18. The second-order valence-corrected chi connectivity index (χ2v) is 5.46. The summed E-state index contributed by atoms with van der Waals surface area (Å²) in [6.07, 6.45) is 10.6. The van der Waals surface area contributed by atoms with Gasteiger partial charge in [-0.2, -0.15) is 4.89 Å². The van der Waals surface area contributed by atoms with Gasteiger partial charge in [-0.15, -0.1) is 0 Å². The first-order valence-corrected chi connectivity index (χ1v) is 7.24. The predicted octanol–water partition coefficient (Wildman–Crippen LogP) is 3.96. The maximum Gasteiger partial charge on any atom is 0.186 e. The van der Waals surface area contributed by atoms with Crippen molar-refractivity contribution in [1.82, 2.24) is 4.57 Å². The Morgan fingerprint density at radius 2 is 2.22 bits per heavy atom. The van der Waals surface area contributed by atoms with Gasteiger partial charge in [0, 0.05) is 24.7 Å². The van der Waals surface area contributed by atoms with Crippen LogP contribution in [-0.4, -0.2) is 10.7 Å². The van der Waals surface area contributed by atoms with Crippen molar-refractivity contribution in [3.63, 3.8) is 0 Å². The summed E-state index contributed by atoms with van der Waals surface area (Å²) in [5, 5.41) is 0. The van der Waals surface area contributed by atoms with E-state index in [0.29, 0.717) is 0 Å². The monoisotopic (exact) mass is 251 g/mol. The van der Waals surface area contributed by atoms with Crippen LogP contribution in [0, 0.1) is 5.92 Å². The molecule has 2 heterocycles. The number of hydrogen-bond acceptors (Lipinski definition) is 2. The van der Waals surface area contributed by atoms with Crippen LogP contribution in [0.15, 0.2) is 12.4 Å². The second kappa shape index (κ2) is 6.28. The molecule has 0 N–H and O–H groups in total. The smallest absolute Gasteiger partial charge is 0.186 e. The van der Waals surface area contributed by atoms with Crippen LogP contribution in [0.25, 0.3) is 0 Å². The van der Waals surface area contributed by atoms with Gasteiger partial charge in [-0.25, -0.2) is 0 Å². The number of unbranched alkanes of at least 4 members (excludes halogenated alkanes) is 1. The van der Waals surface area contributed by atoms with E-state index in [0.717, 1.165) is 24.6 Å². The van der Waals surface area contributed by atoms with Crippen molar-refractivity contribution in [1.29, 1.82) is 0 Å². The minimum atomic E-state index is 0.162. The van der Waals surface area contributed by atoms with Gasteiger partial charge in [0.2, 0.25) is 0 Å². The highest BCUT2D eigenvalue weighted by Gasteiger charge is 2.20. The Morgan fingerprint density at radius 3 is 2.94 bits per heavy atom. The van der Waals surface area contributed by atoms with Gasteiger partial charge in [-0.3, -0.25) is 0 Å². The number of aromatic nitrogens is 1. The average Bonchev–Trinajstić information content (AvgIpc) is 2.75. The van der Waals surface area contributed by atoms with Crippen LogP contribution >= 0.6 is 0 Å². The molecule has 1 aliphatic heterocycles. The van der Waals surface area contributed by atoms with Crippen molar-refractivity contribution in [2.24, 2.45) is 5.92 Å². The molecule has 0 aliphatic carbocycles. The molecule has 18 heavy (non-hydrogen) atoms. The summed E-state index contributed by atoms with van der Waals surface area (Å²) in [7, 11) is 0. The number of hydrogen-bond donors (Lipinski definition) is 0. The predicted molar refractivity (Wildman–Crippen MR) is 72.6 cm³/mol. The number of fused-ring (bicyclic) bond motifs is 1. The number of rotatable bonds is 6. The fourth-order valence-corrected chi connectivity index (χ4v) is 2.56. The van der Waals surface area contributed by atoms with E-state index in [1.54, 1.807) is 0 Å². The van der Waals surface area contributed by atoms with Crippen LogP contribution < -0.4 is 4.89 Å². The molecule has 1 aromatic rings. The maximum absolute atomic E-state index is 5.29. The SMILES string of the molecule is CCCCC(CC)Cn1cc2c(c1)OOC(C)C2. The normalized spacial score (nSPS) is 20.3. The van der Waals surface area contributed by atoms with E-state index < -0.39 is 0 Å². The summed E-state index contributed by atoms with van der Waals surface area (Å²) in [5.41, 5.74) is 1.28. The van der Waals surface area contributed by atoms with Crippen LogP contribution in [0.4, 0.5) is 0 Å². The molecule has 1 aromatic heterocycles. The van der Waals surface area contributed by atoms with E-state index in [1.165, 1.54) is 31.2 Å². The molecule has 3 nitrogen and oxygen atoms in total. The molecule has 102 valence electrons. The highest BCUT2D eigenvalue weighted by molar-refractivity contribution is 5.32. The highest BCUT2D eigenvalue weighted by atomic mass is 17.2. The Labute approximate surface area is 110 Å². The zero-order chi connectivity index (χ0) is 13.0. The summed E-state index contributed by atoms with van der Waals surface area (Å²) in [6, 6.07) is 0. The Hall–Kier alpha value is -0.960. The molecule has 2 rings (SSSR count). The first-order valence-electron chi connectivity index (χ1n) is 7.24. The van der Waals surface area contributed by atoms with Crippen molar-refractivity contribution in [2.45, 2.75) is 65.5 Å². The molecule has 0 aromatic carbocycles. The lowest BCUT2D eigenvalue weighted by Gasteiger charge is -2.17. The first kappa shape index (κ1) is 13.5. The van der Waals surface area contributed by atoms with Crippen LogP contribution in [0.3, 0.4) is 0 Å². The van der Waals surface area contributed by atoms with E-state index in [-0.39, 0.29) is 6.10 Å². The minimum Gasteiger partial charge on any atom is -0.350 e. The topological polar surface area (TPSA) is 23.4 Å². The van der Waals surface area contributed by atoms with E-state index in [4.69, 9.17) is 9.78 Å². The molecule has 0 fully saturated rings. The molecule has 0 bridgehead atoms. The van der Waals surface area contributed by atoms with Gasteiger partial charge in [-0.05, 0) is 19.3 Å². The Morgan fingerprint density at radius 1 is 1.39 bits per heavy atom. The van der Waals surface area contributed by atoms with Gasteiger partial charge >= 0.3 is 0 Å². The lowest BCUT2D eigenvalue weighted by molar-refractivity contribution is -0.248. The lowest BCUT2D eigenvalue weighted by atomic mass is 9.99. The van der Waals surface area contributed by atoms with Gasteiger partial charge in [-0.1, -0.05) is 33.1 Å². The van der Waals surface area contributed by atoms with E-state index in [1.807, 2.05) is 6.92 Å². The molecule has 0 spiro atoms. The van der Waals surface area contributed by atoms with Crippen molar-refractivity contribution in [2.75, 3.05) is 0 Å². The summed E-state index contributed by atoms with van der Waals surface area (Å²) in [5.74, 6) is 1.68. The third-order valence-corrected chi connectivity index (χ3v) is 3.74. The quantitative estimate of drug-likeness (QED) is 0.714. The standard InChI is InChI=1S/C15H25NO2/c1-4-6-7-13(5-2)9-16-10-14-8-12(3)17-18-15(14)11-16/h10-13H,4-9H2,1-3H3. The minimum absolute atomic E-state index is 0.162. The van der Waals surface area contributed by atoms with Gasteiger partial charge in [0.15, 0.2) is 5.75 Å². The van der Waals surface area contributed by atoms with Crippen molar-refractivity contribution in [3.05, 3.63) is 18.0 Å². The molecule has 0 saturated heterocycles. The molecule has 0 radical (unpaired) electrons. The van der Waals surface area contributed by atoms with Crippen LogP contribution in [0.1, 0.15) is 52.0 Å². The van der Waals surface area contributed by atoms with Gasteiger partial charge in [0.1, 0.15) is 6.10 Å². The van der Waals surface area contributed by atoms with E-state index >= 15 is 0 Å². The van der Waals surface area contributed by atoms with Crippen LogP contribution in [0.5, 0.6) is 5.75 Å². The van der Waals surface area contributed by atoms with Gasteiger partial charge in [0.05, 0.1) is 6.20 Å². The zero-order valence-electron chi connectivity index (χ0n) is 11.8. The third kappa shape index (κ3) is 3.29. The first-order chi connectivity index (χ1) is 8.72. The fourth-order valence-electron chi connectivity index (χ4n) is 2.56. The summed E-state index contributed by atoms with van der Waals surface area (Å²) in [4.78, 5) is 10.5. The van der Waals surface area contributed by atoms with Crippen molar-refractivity contribution >= 4 is 0 Å². The van der Waals surface area contributed by atoms with Crippen LogP contribution in [-0.2, 0) is 17.9 Å². The average molecular weight is 251 g/mol. The molecule has 2 atom stereocenters. The molecular weight excluding hydrogens is 226 g/mol. The Bertz CT molecular complexity index is 373. The fraction of sp³-hybridized carbons (Fsp3) is 0.733. The molecule has 1 aliphatic rings. The van der Waals surface area contributed by atoms with E-state index in [9.17, 15) is 0 Å². The molecular formula is C15H25NO2. The summed E-state index contributed by atoms with van der Waals surface area (Å²) in [6.45, 7) is 7.68. The highest BCUT2D eigenvalue weighted by Crippen LogP contribution is 2.28. The van der Waals surface area contributed by atoms with Crippen LogP contribution in [0.2, 0.25) is 0 Å². The van der Waals surface area contributed by atoms with Crippen molar-refractivity contribution in [3.8, 4) is 5.75 Å². The Balaban J connectivity index is 1.97. The molecule has 3 heteroatoms. The summed E-state index contributed by atoms with van der Waals surface area (Å²) < 4.78 is 2.27. The zero-order valence-corrected chi connectivity index (χ0v) is 11.8. The largest absolute Gasteiger partial charge is 0.350 e. The Kier molecular flexibility index (Phi) is 4.70. The van der Waals surface area contributed by atoms with E-state index in [2.05, 4.69) is 30.8 Å². The third-order valence-electron chi connectivity index (χ3n) is 3.74. The molecule has 0 saturated carbocycles. The molecule has 2 unspecified atom stereocenters. The van der Waals surface area contributed by atoms with Gasteiger partial charge in [0.25, 0.3) is 0 Å². The molecule has 0 amide bonds. The second-order valence-electron chi connectivity index (χ2n) is 5.46. The van der Waals surface area contributed by atoms with Crippen molar-refractivity contribution < 1.29 is 9.78 Å².